The van der Waals surface area contributed by atoms with Gasteiger partial charge in [-0.2, -0.15) is 0 Å². The summed E-state index contributed by atoms with van der Waals surface area (Å²) >= 11 is 0. The molecule has 0 bridgehead atoms. The Hall–Kier alpha value is -2.28. The number of rotatable bonds is 4. The summed E-state index contributed by atoms with van der Waals surface area (Å²) in [7, 11) is 0. The second kappa shape index (κ2) is 7.53. The lowest BCUT2D eigenvalue weighted by molar-refractivity contribution is -0.143. The highest BCUT2D eigenvalue weighted by atomic mass is 16.5. The Morgan fingerprint density at radius 1 is 1.25 bits per heavy atom. The minimum atomic E-state index is -0.843. The number of hydrogen-bond donors (Lipinski definition) is 2. The van der Waals surface area contributed by atoms with E-state index in [1.165, 1.54) is 0 Å². The molecule has 24 heavy (non-hydrogen) atoms. The Bertz CT molecular complexity index is 583. The fourth-order valence-corrected chi connectivity index (χ4v) is 2.98. The van der Waals surface area contributed by atoms with Crippen LogP contribution in [-0.2, 0) is 9.53 Å². The Morgan fingerprint density at radius 2 is 2.04 bits per heavy atom. The van der Waals surface area contributed by atoms with Crippen LogP contribution in [0, 0.1) is 5.92 Å². The Balaban J connectivity index is 1.53. The lowest BCUT2D eigenvalue weighted by Crippen LogP contribution is -2.44. The van der Waals surface area contributed by atoms with Crippen molar-refractivity contribution in [3.05, 3.63) is 24.3 Å². The molecule has 0 spiro atoms. The fraction of sp³-hybridized carbons (Fsp3) is 0.529. The number of hydrogen-bond acceptors (Lipinski definition) is 4. The van der Waals surface area contributed by atoms with Gasteiger partial charge in [-0.3, -0.25) is 4.79 Å². The first-order chi connectivity index (χ1) is 11.6. The largest absolute Gasteiger partial charge is 0.488 e. The third-order valence-electron chi connectivity index (χ3n) is 4.35. The third-order valence-corrected chi connectivity index (χ3v) is 4.35. The van der Waals surface area contributed by atoms with Crippen molar-refractivity contribution in [2.75, 3.05) is 31.6 Å². The fourth-order valence-electron chi connectivity index (χ4n) is 2.98. The normalized spacial score (nSPS) is 23.8. The topological polar surface area (TPSA) is 88.1 Å². The molecule has 0 aromatic heterocycles. The van der Waals surface area contributed by atoms with Gasteiger partial charge in [0.15, 0.2) is 0 Å². The number of aliphatic carboxylic acids is 1. The van der Waals surface area contributed by atoms with E-state index >= 15 is 0 Å². The number of benzene rings is 1. The van der Waals surface area contributed by atoms with Crippen molar-refractivity contribution in [3.63, 3.8) is 0 Å². The van der Waals surface area contributed by atoms with Crippen LogP contribution in [0.15, 0.2) is 24.3 Å². The molecule has 1 aromatic rings. The van der Waals surface area contributed by atoms with E-state index in [4.69, 9.17) is 14.6 Å². The molecule has 2 atom stereocenters. The quantitative estimate of drug-likeness (QED) is 0.881. The predicted octanol–water partition coefficient (Wildman–Crippen LogP) is 2.18. The molecule has 0 radical (unpaired) electrons. The summed E-state index contributed by atoms with van der Waals surface area (Å²) in [6.45, 7) is 2.17. The first-order valence-electron chi connectivity index (χ1n) is 8.25. The highest BCUT2D eigenvalue weighted by molar-refractivity contribution is 5.89. The summed E-state index contributed by atoms with van der Waals surface area (Å²) in [6, 6.07) is 6.91. The number of likely N-dealkylation sites (tertiary alicyclic amines) is 1. The maximum atomic E-state index is 12.3. The molecule has 7 heteroatoms. The van der Waals surface area contributed by atoms with Crippen LogP contribution in [0.5, 0.6) is 5.75 Å². The second-order valence-electron chi connectivity index (χ2n) is 6.18. The molecule has 2 fully saturated rings. The van der Waals surface area contributed by atoms with E-state index < -0.39 is 11.9 Å². The number of carboxylic acid groups (broad SMARTS) is 1. The predicted molar refractivity (Wildman–Crippen MR) is 87.2 cm³/mol. The van der Waals surface area contributed by atoms with E-state index in [0.717, 1.165) is 18.8 Å². The highest BCUT2D eigenvalue weighted by Crippen LogP contribution is 2.21. The Labute approximate surface area is 140 Å². The lowest BCUT2D eigenvalue weighted by Gasteiger charge is -2.30. The van der Waals surface area contributed by atoms with Gasteiger partial charge in [-0.05, 0) is 37.1 Å². The molecule has 2 aliphatic rings. The van der Waals surface area contributed by atoms with Gasteiger partial charge >= 0.3 is 12.0 Å². The minimum absolute atomic E-state index is 0.0896. The van der Waals surface area contributed by atoms with Gasteiger partial charge in [0.05, 0.1) is 19.1 Å². The van der Waals surface area contributed by atoms with Crippen LogP contribution in [0.1, 0.15) is 19.3 Å². The Kier molecular flexibility index (Phi) is 5.20. The van der Waals surface area contributed by atoms with Crippen LogP contribution in [0.25, 0.3) is 0 Å². The summed E-state index contributed by atoms with van der Waals surface area (Å²) < 4.78 is 11.0. The van der Waals surface area contributed by atoms with Gasteiger partial charge in [-0.25, -0.2) is 4.79 Å². The summed E-state index contributed by atoms with van der Waals surface area (Å²) in [6.07, 6.45) is 2.31. The minimum Gasteiger partial charge on any atom is -0.488 e. The SMILES string of the molecule is O=C(O)C1CCCN(C(=O)Nc2ccc(OC3CCOC3)cc2)C1. The summed E-state index contributed by atoms with van der Waals surface area (Å²) in [4.78, 5) is 24.9. The summed E-state index contributed by atoms with van der Waals surface area (Å²) in [5.74, 6) is -0.578. The molecular weight excluding hydrogens is 312 g/mol. The van der Waals surface area contributed by atoms with Crippen molar-refractivity contribution in [1.29, 1.82) is 0 Å². The van der Waals surface area contributed by atoms with Crippen LogP contribution in [-0.4, -0.2) is 54.4 Å². The molecule has 7 nitrogen and oxygen atoms in total. The molecule has 2 N–H and O–H groups in total. The maximum Gasteiger partial charge on any atom is 0.321 e. The molecule has 2 amide bonds. The van der Waals surface area contributed by atoms with E-state index in [2.05, 4.69) is 5.32 Å². The number of amides is 2. The molecule has 2 saturated heterocycles. The van der Waals surface area contributed by atoms with E-state index in [9.17, 15) is 9.59 Å². The van der Waals surface area contributed by atoms with Crippen molar-refractivity contribution >= 4 is 17.7 Å². The smallest absolute Gasteiger partial charge is 0.321 e. The number of piperidine rings is 1. The first kappa shape index (κ1) is 16.6. The van der Waals surface area contributed by atoms with Gasteiger partial charge in [-0.1, -0.05) is 0 Å². The molecule has 3 rings (SSSR count). The van der Waals surface area contributed by atoms with Crippen LogP contribution in [0.2, 0.25) is 0 Å². The van der Waals surface area contributed by atoms with Crippen LogP contribution >= 0.6 is 0 Å². The van der Waals surface area contributed by atoms with Crippen LogP contribution in [0.3, 0.4) is 0 Å². The maximum absolute atomic E-state index is 12.3. The van der Waals surface area contributed by atoms with E-state index in [0.29, 0.717) is 31.7 Å². The van der Waals surface area contributed by atoms with Crippen LogP contribution in [0.4, 0.5) is 10.5 Å². The van der Waals surface area contributed by atoms with Crippen molar-refractivity contribution in [1.82, 2.24) is 4.90 Å². The summed E-state index contributed by atoms with van der Waals surface area (Å²) in [5, 5.41) is 11.9. The van der Waals surface area contributed by atoms with E-state index in [-0.39, 0.29) is 18.7 Å². The number of urea groups is 1. The molecule has 0 saturated carbocycles. The van der Waals surface area contributed by atoms with Crippen LogP contribution < -0.4 is 10.1 Å². The highest BCUT2D eigenvalue weighted by Gasteiger charge is 2.28. The molecule has 2 heterocycles. The van der Waals surface area contributed by atoms with Gasteiger partial charge in [0.1, 0.15) is 11.9 Å². The van der Waals surface area contributed by atoms with Crippen molar-refractivity contribution in [3.8, 4) is 5.75 Å². The van der Waals surface area contributed by atoms with Gasteiger partial charge in [-0.15, -0.1) is 0 Å². The first-order valence-corrected chi connectivity index (χ1v) is 8.25. The van der Waals surface area contributed by atoms with Gasteiger partial charge in [0.25, 0.3) is 0 Å². The number of anilines is 1. The van der Waals surface area contributed by atoms with Gasteiger partial charge < -0.3 is 24.8 Å². The molecular formula is C17H22N2O5. The van der Waals surface area contributed by atoms with E-state index in [1.807, 2.05) is 12.1 Å². The number of carbonyl (C=O) groups excluding carboxylic acids is 1. The van der Waals surface area contributed by atoms with Crippen molar-refractivity contribution in [2.45, 2.75) is 25.4 Å². The zero-order valence-corrected chi connectivity index (χ0v) is 13.4. The van der Waals surface area contributed by atoms with Gasteiger partial charge in [0, 0.05) is 25.2 Å². The second-order valence-corrected chi connectivity index (χ2v) is 6.18. The van der Waals surface area contributed by atoms with Gasteiger partial charge in [0.2, 0.25) is 0 Å². The zero-order valence-electron chi connectivity index (χ0n) is 13.4. The molecule has 1 aromatic carbocycles. The number of carboxylic acids is 1. The standard InChI is InChI=1S/C17H22N2O5/c20-16(21)12-2-1-8-19(10-12)17(22)18-13-3-5-14(6-4-13)24-15-7-9-23-11-15/h3-6,12,15H,1-2,7-11H2,(H,18,22)(H,20,21). The van der Waals surface area contributed by atoms with Crippen molar-refractivity contribution < 1.29 is 24.2 Å². The number of nitrogens with zero attached hydrogens (tertiary/aromatic N) is 1. The summed E-state index contributed by atoms with van der Waals surface area (Å²) in [5.41, 5.74) is 0.660. The number of carbonyl (C=O) groups is 2. The molecule has 130 valence electrons. The lowest BCUT2D eigenvalue weighted by atomic mass is 9.99. The molecule has 0 aliphatic carbocycles. The monoisotopic (exact) mass is 334 g/mol. The average Bonchev–Trinajstić information content (AvgIpc) is 3.10. The zero-order chi connectivity index (χ0) is 16.9. The molecule has 2 unspecified atom stereocenters. The molecule has 2 aliphatic heterocycles. The number of nitrogens with one attached hydrogen (secondary N) is 1. The third kappa shape index (κ3) is 4.17. The van der Waals surface area contributed by atoms with Crippen molar-refractivity contribution in [2.24, 2.45) is 5.92 Å². The average molecular weight is 334 g/mol. The number of ether oxygens (including phenoxy) is 2. The van der Waals surface area contributed by atoms with E-state index in [1.54, 1.807) is 17.0 Å². The Morgan fingerprint density at radius 3 is 2.71 bits per heavy atom.